The molecule has 0 radical (unpaired) electrons. The highest BCUT2D eigenvalue weighted by molar-refractivity contribution is 7.92. The predicted octanol–water partition coefficient (Wildman–Crippen LogP) is 2.62. The first kappa shape index (κ1) is 14.3. The molecule has 0 spiro atoms. The number of anilines is 2. The fourth-order valence-electron chi connectivity index (χ4n) is 1.85. The molecule has 5 nitrogen and oxygen atoms in total. The van der Waals surface area contributed by atoms with Crippen molar-refractivity contribution in [3.8, 4) is 0 Å². The number of nitrogens with zero attached hydrogens (tertiary/aromatic N) is 1. The maximum absolute atomic E-state index is 12.4. The summed E-state index contributed by atoms with van der Waals surface area (Å²) in [4.78, 5) is 4.04. The van der Waals surface area contributed by atoms with E-state index in [0.717, 1.165) is 5.56 Å². The number of aromatic nitrogens is 1. The number of hydrogen-bond acceptors (Lipinski definition) is 4. The second kappa shape index (κ2) is 5.92. The standard InChI is InChI=1S/C14H17N3O2S/c1-3-16-13-7-8-15-10-14(13)20(18,19)17-12-6-4-5-11(2)9-12/h4-10,17H,3H2,1-2H3,(H,15,16). The van der Waals surface area contributed by atoms with Gasteiger partial charge in [-0.2, -0.15) is 0 Å². The molecule has 0 atom stereocenters. The Kier molecular flexibility index (Phi) is 4.24. The molecule has 106 valence electrons. The highest BCUT2D eigenvalue weighted by Crippen LogP contribution is 2.22. The molecule has 1 heterocycles. The molecule has 2 aromatic rings. The number of rotatable bonds is 5. The van der Waals surface area contributed by atoms with Crippen molar-refractivity contribution in [3.63, 3.8) is 0 Å². The van der Waals surface area contributed by atoms with E-state index in [1.54, 1.807) is 24.4 Å². The molecular formula is C14H17N3O2S. The van der Waals surface area contributed by atoms with Crippen molar-refractivity contribution in [1.29, 1.82) is 0 Å². The molecule has 0 unspecified atom stereocenters. The van der Waals surface area contributed by atoms with Crippen LogP contribution in [0.4, 0.5) is 11.4 Å². The maximum atomic E-state index is 12.4. The smallest absolute Gasteiger partial charge is 0.265 e. The molecule has 1 aromatic carbocycles. The third kappa shape index (κ3) is 3.27. The molecule has 6 heteroatoms. The summed E-state index contributed by atoms with van der Waals surface area (Å²) in [5.74, 6) is 0. The minimum Gasteiger partial charge on any atom is -0.384 e. The van der Waals surface area contributed by atoms with Gasteiger partial charge in [0.05, 0.1) is 5.69 Å². The van der Waals surface area contributed by atoms with Gasteiger partial charge in [-0.25, -0.2) is 8.42 Å². The van der Waals surface area contributed by atoms with Gasteiger partial charge < -0.3 is 5.32 Å². The number of sulfonamides is 1. The lowest BCUT2D eigenvalue weighted by Crippen LogP contribution is -2.15. The highest BCUT2D eigenvalue weighted by atomic mass is 32.2. The second-order valence-electron chi connectivity index (χ2n) is 4.38. The summed E-state index contributed by atoms with van der Waals surface area (Å²) in [5, 5.41) is 3.02. The Morgan fingerprint density at radius 2 is 2.05 bits per heavy atom. The van der Waals surface area contributed by atoms with Gasteiger partial charge >= 0.3 is 0 Å². The van der Waals surface area contributed by atoms with Gasteiger partial charge in [0, 0.05) is 24.6 Å². The van der Waals surface area contributed by atoms with Gasteiger partial charge in [0.2, 0.25) is 0 Å². The Bertz CT molecular complexity index is 699. The number of hydrogen-bond donors (Lipinski definition) is 2. The zero-order chi connectivity index (χ0) is 14.6. The molecule has 0 aliphatic rings. The third-order valence-electron chi connectivity index (χ3n) is 2.71. The summed E-state index contributed by atoms with van der Waals surface area (Å²) in [7, 11) is -3.66. The van der Waals surface area contributed by atoms with Crippen LogP contribution < -0.4 is 10.0 Å². The predicted molar refractivity (Wildman–Crippen MR) is 80.4 cm³/mol. The van der Waals surface area contributed by atoms with E-state index in [-0.39, 0.29) is 4.90 Å². The summed E-state index contributed by atoms with van der Waals surface area (Å²) >= 11 is 0. The lowest BCUT2D eigenvalue weighted by Gasteiger charge is -2.12. The van der Waals surface area contributed by atoms with Crippen LogP contribution >= 0.6 is 0 Å². The maximum Gasteiger partial charge on any atom is 0.265 e. The van der Waals surface area contributed by atoms with Crippen molar-refractivity contribution in [3.05, 3.63) is 48.3 Å². The van der Waals surface area contributed by atoms with E-state index in [1.165, 1.54) is 6.20 Å². The Labute approximate surface area is 119 Å². The van der Waals surface area contributed by atoms with E-state index in [0.29, 0.717) is 17.9 Å². The van der Waals surface area contributed by atoms with Gasteiger partial charge in [-0.05, 0) is 37.6 Å². The average Bonchev–Trinajstić information content (AvgIpc) is 2.39. The Hall–Kier alpha value is -2.08. The van der Waals surface area contributed by atoms with E-state index in [4.69, 9.17) is 0 Å². The third-order valence-corrected chi connectivity index (χ3v) is 4.12. The molecule has 2 N–H and O–H groups in total. The Morgan fingerprint density at radius 1 is 1.25 bits per heavy atom. The Balaban J connectivity index is 2.36. The van der Waals surface area contributed by atoms with Gasteiger partial charge in [0.15, 0.2) is 0 Å². The van der Waals surface area contributed by atoms with E-state index < -0.39 is 10.0 Å². The fourth-order valence-corrected chi connectivity index (χ4v) is 3.03. The minimum atomic E-state index is -3.66. The van der Waals surface area contributed by atoms with E-state index in [2.05, 4.69) is 15.0 Å². The minimum absolute atomic E-state index is 0.142. The van der Waals surface area contributed by atoms with Crippen LogP contribution in [-0.2, 0) is 10.0 Å². The molecular weight excluding hydrogens is 274 g/mol. The largest absolute Gasteiger partial charge is 0.384 e. The number of pyridine rings is 1. The van der Waals surface area contributed by atoms with Crippen LogP contribution in [0.1, 0.15) is 12.5 Å². The van der Waals surface area contributed by atoms with Crippen LogP contribution in [0.2, 0.25) is 0 Å². The second-order valence-corrected chi connectivity index (χ2v) is 6.03. The SMILES string of the molecule is CCNc1ccncc1S(=O)(=O)Nc1cccc(C)c1. The quantitative estimate of drug-likeness (QED) is 0.888. The van der Waals surface area contributed by atoms with Crippen molar-refractivity contribution < 1.29 is 8.42 Å². The number of aryl methyl sites for hydroxylation is 1. The van der Waals surface area contributed by atoms with Crippen LogP contribution in [0.15, 0.2) is 47.6 Å². The highest BCUT2D eigenvalue weighted by Gasteiger charge is 2.18. The number of nitrogens with one attached hydrogen (secondary N) is 2. The fraction of sp³-hybridized carbons (Fsp3) is 0.214. The first-order valence-electron chi connectivity index (χ1n) is 6.30. The molecule has 20 heavy (non-hydrogen) atoms. The first-order chi connectivity index (χ1) is 9.53. The zero-order valence-corrected chi connectivity index (χ0v) is 12.2. The topological polar surface area (TPSA) is 71.1 Å². The lowest BCUT2D eigenvalue weighted by atomic mass is 10.2. The molecule has 1 aromatic heterocycles. The van der Waals surface area contributed by atoms with Crippen molar-refractivity contribution >= 4 is 21.4 Å². The first-order valence-corrected chi connectivity index (χ1v) is 7.78. The van der Waals surface area contributed by atoms with Gasteiger partial charge in [-0.15, -0.1) is 0 Å². The van der Waals surface area contributed by atoms with E-state index in [9.17, 15) is 8.42 Å². The summed E-state index contributed by atoms with van der Waals surface area (Å²) in [5.41, 5.74) is 2.07. The Morgan fingerprint density at radius 3 is 2.75 bits per heavy atom. The van der Waals surface area contributed by atoms with Crippen molar-refractivity contribution in [1.82, 2.24) is 4.98 Å². The van der Waals surface area contributed by atoms with Gasteiger partial charge in [-0.3, -0.25) is 9.71 Å². The van der Waals surface area contributed by atoms with Gasteiger partial charge in [0.1, 0.15) is 4.90 Å². The van der Waals surface area contributed by atoms with Crippen molar-refractivity contribution in [2.45, 2.75) is 18.7 Å². The van der Waals surface area contributed by atoms with E-state index >= 15 is 0 Å². The van der Waals surface area contributed by atoms with Crippen molar-refractivity contribution in [2.24, 2.45) is 0 Å². The number of benzene rings is 1. The van der Waals surface area contributed by atoms with Gasteiger partial charge in [-0.1, -0.05) is 12.1 Å². The van der Waals surface area contributed by atoms with Crippen LogP contribution in [0.25, 0.3) is 0 Å². The van der Waals surface area contributed by atoms with Crippen LogP contribution in [-0.4, -0.2) is 19.9 Å². The molecule has 2 rings (SSSR count). The molecule has 0 fully saturated rings. The normalized spacial score (nSPS) is 11.1. The molecule has 0 aliphatic carbocycles. The molecule has 0 amide bonds. The summed E-state index contributed by atoms with van der Waals surface area (Å²) in [6.07, 6.45) is 2.90. The van der Waals surface area contributed by atoms with Crippen molar-refractivity contribution in [2.75, 3.05) is 16.6 Å². The lowest BCUT2D eigenvalue weighted by molar-refractivity contribution is 0.601. The monoisotopic (exact) mass is 291 g/mol. The molecule has 0 saturated carbocycles. The molecule has 0 saturated heterocycles. The summed E-state index contributed by atoms with van der Waals surface area (Å²) in [6, 6.07) is 8.86. The van der Waals surface area contributed by atoms with Crippen LogP contribution in [0.3, 0.4) is 0 Å². The molecule has 0 aliphatic heterocycles. The summed E-state index contributed by atoms with van der Waals surface area (Å²) in [6.45, 7) is 4.45. The van der Waals surface area contributed by atoms with Gasteiger partial charge in [0.25, 0.3) is 10.0 Å². The zero-order valence-electron chi connectivity index (χ0n) is 11.4. The van der Waals surface area contributed by atoms with E-state index in [1.807, 2.05) is 26.0 Å². The average molecular weight is 291 g/mol. The van der Waals surface area contributed by atoms with Crippen LogP contribution in [0, 0.1) is 6.92 Å². The molecule has 0 bridgehead atoms. The van der Waals surface area contributed by atoms with Crippen LogP contribution in [0.5, 0.6) is 0 Å². The summed E-state index contributed by atoms with van der Waals surface area (Å²) < 4.78 is 27.4.